The van der Waals surface area contributed by atoms with E-state index in [1.807, 2.05) is 0 Å². The van der Waals surface area contributed by atoms with Crippen LogP contribution in [0.4, 0.5) is 0 Å². The average molecular weight is 671 g/mol. The highest BCUT2D eigenvalue weighted by molar-refractivity contribution is 6.99. The number of hydrogen-bond acceptors (Lipinski definition) is 9. The Bertz CT molecular complexity index is 895. The highest BCUT2D eigenvalue weighted by atomic mass is 35.5. The van der Waals surface area contributed by atoms with E-state index in [0.717, 1.165) is 0 Å². The van der Waals surface area contributed by atoms with Crippen molar-refractivity contribution in [2.75, 3.05) is 118 Å². The van der Waals surface area contributed by atoms with Crippen molar-refractivity contribution < 1.29 is 42.3 Å². The lowest BCUT2D eigenvalue weighted by atomic mass is 10.2. The van der Waals surface area contributed by atoms with Crippen molar-refractivity contribution in [1.82, 2.24) is 0 Å². The van der Waals surface area contributed by atoms with E-state index in [1.54, 1.807) is 0 Å². The van der Waals surface area contributed by atoms with Crippen LogP contribution in [0.15, 0.2) is 60.7 Å². The van der Waals surface area contributed by atoms with E-state index in [9.17, 15) is 0 Å². The first-order valence-electron chi connectivity index (χ1n) is 16.0. The second-order valence-electron chi connectivity index (χ2n) is 11.1. The van der Waals surface area contributed by atoms with Crippen molar-refractivity contribution in [1.29, 1.82) is 0 Å². The zero-order chi connectivity index (χ0) is 32.3. The Morgan fingerprint density at radius 3 is 0.956 bits per heavy atom. The van der Waals surface area contributed by atoms with Gasteiger partial charge < -0.3 is 42.3 Å². The fraction of sp³-hybridized carbons (Fsp3) is 0.647. The first-order chi connectivity index (χ1) is 22.0. The predicted octanol–water partition coefficient (Wildman–Crippen LogP) is 3.93. The molecule has 45 heavy (non-hydrogen) atoms. The molecule has 11 heteroatoms. The Kier molecular flexibility index (Phi) is 22.7. The lowest BCUT2D eigenvalue weighted by Crippen LogP contribution is -2.66. The maximum atomic E-state index is 6.84. The molecule has 0 spiro atoms. The number of ether oxygens (including phenoxy) is 8. The Balaban J connectivity index is 1.42. The second kappa shape index (κ2) is 25.6. The fourth-order valence-corrected chi connectivity index (χ4v) is 9.37. The Morgan fingerprint density at radius 1 is 0.422 bits per heavy atom. The molecule has 0 bridgehead atoms. The third kappa shape index (κ3) is 16.8. The van der Waals surface area contributed by atoms with Gasteiger partial charge in [0.25, 0.3) is 8.32 Å². The number of halogens is 1. The summed E-state index contributed by atoms with van der Waals surface area (Å²) in [6.07, 6.45) is 0. The Labute approximate surface area is 276 Å². The van der Waals surface area contributed by atoms with Crippen LogP contribution in [0, 0.1) is 0 Å². The number of hydrogen-bond donors (Lipinski definition) is 0. The highest BCUT2D eigenvalue weighted by Gasteiger charge is 2.49. The van der Waals surface area contributed by atoms with Crippen LogP contribution >= 0.6 is 11.6 Å². The van der Waals surface area contributed by atoms with E-state index in [1.165, 1.54) is 10.4 Å². The molecule has 0 atom stereocenters. The molecule has 256 valence electrons. The van der Waals surface area contributed by atoms with Crippen LogP contribution in [-0.4, -0.2) is 127 Å². The molecule has 0 saturated heterocycles. The molecule has 9 nitrogen and oxygen atoms in total. The third-order valence-corrected chi connectivity index (χ3v) is 12.0. The van der Waals surface area contributed by atoms with Crippen LogP contribution in [0.5, 0.6) is 0 Å². The predicted molar refractivity (Wildman–Crippen MR) is 181 cm³/mol. The molecule has 0 aromatic heterocycles. The van der Waals surface area contributed by atoms with E-state index in [-0.39, 0.29) is 5.04 Å². The minimum Gasteiger partial charge on any atom is -0.405 e. The topological polar surface area (TPSA) is 83.1 Å². The SMILES string of the molecule is CC(C)(C)[Si](OCCOCCOCCOCCOCCOCCOCCOCCOCCCl)(c1ccccc1)c1ccccc1. The minimum absolute atomic E-state index is 0.0510. The highest BCUT2D eigenvalue weighted by Crippen LogP contribution is 2.36. The molecule has 0 heterocycles. The second-order valence-corrected chi connectivity index (χ2v) is 15.8. The summed E-state index contributed by atoms with van der Waals surface area (Å²) >= 11 is 5.52. The van der Waals surface area contributed by atoms with Crippen LogP contribution < -0.4 is 10.4 Å². The Hall–Kier alpha value is -1.41. The number of alkyl halides is 1. The van der Waals surface area contributed by atoms with Gasteiger partial charge in [-0.3, -0.25) is 0 Å². The van der Waals surface area contributed by atoms with Crippen LogP contribution in [0.3, 0.4) is 0 Å². The summed E-state index contributed by atoms with van der Waals surface area (Å²) in [4.78, 5) is 0. The zero-order valence-electron chi connectivity index (χ0n) is 27.6. The first-order valence-corrected chi connectivity index (χ1v) is 18.4. The summed E-state index contributed by atoms with van der Waals surface area (Å²) in [5, 5.41) is 2.49. The van der Waals surface area contributed by atoms with Gasteiger partial charge in [0.2, 0.25) is 0 Å². The number of benzene rings is 2. The maximum Gasteiger partial charge on any atom is 0.261 e. The van der Waals surface area contributed by atoms with Crippen molar-refractivity contribution in [2.24, 2.45) is 0 Å². The van der Waals surface area contributed by atoms with Gasteiger partial charge >= 0.3 is 0 Å². The summed E-state index contributed by atoms with van der Waals surface area (Å²) in [7, 11) is -2.53. The molecular weight excluding hydrogens is 616 g/mol. The molecule has 0 unspecified atom stereocenters. The van der Waals surface area contributed by atoms with Crippen LogP contribution in [0.1, 0.15) is 20.8 Å². The summed E-state index contributed by atoms with van der Waals surface area (Å²) in [6, 6.07) is 21.3. The molecule has 2 aromatic rings. The van der Waals surface area contributed by atoms with E-state index in [4.69, 9.17) is 53.9 Å². The maximum absolute atomic E-state index is 6.84. The Morgan fingerprint density at radius 2 is 0.689 bits per heavy atom. The van der Waals surface area contributed by atoms with Crippen LogP contribution in [0.2, 0.25) is 5.04 Å². The quantitative estimate of drug-likeness (QED) is 0.0727. The van der Waals surface area contributed by atoms with Crippen molar-refractivity contribution in [3.8, 4) is 0 Å². The van der Waals surface area contributed by atoms with Gasteiger partial charge in [0.05, 0.1) is 112 Å². The largest absolute Gasteiger partial charge is 0.405 e. The standard InChI is InChI=1S/C34H55ClO9Si/c1-34(2,3)45(32-10-6-4-7-11-32,33-12-8-5-9-13-33)44-31-30-43-29-28-42-27-26-41-25-24-40-23-22-39-21-20-38-19-18-37-17-16-36-15-14-35/h4-13H,14-31H2,1-3H3. The molecule has 0 saturated carbocycles. The summed E-state index contributed by atoms with van der Waals surface area (Å²) in [6.45, 7) is 15.7. The monoisotopic (exact) mass is 670 g/mol. The molecule has 0 fully saturated rings. The minimum atomic E-state index is -2.53. The molecule has 0 aliphatic heterocycles. The lowest BCUT2D eigenvalue weighted by Gasteiger charge is -2.43. The van der Waals surface area contributed by atoms with E-state index in [2.05, 4.69) is 81.4 Å². The van der Waals surface area contributed by atoms with Gasteiger partial charge in [-0.2, -0.15) is 0 Å². The molecule has 2 aromatic carbocycles. The average Bonchev–Trinajstić information content (AvgIpc) is 3.05. The van der Waals surface area contributed by atoms with Crippen LogP contribution in [0.25, 0.3) is 0 Å². The van der Waals surface area contributed by atoms with E-state index in [0.29, 0.717) is 118 Å². The molecule has 0 amide bonds. The van der Waals surface area contributed by atoms with Gasteiger partial charge in [0.1, 0.15) is 0 Å². The molecular formula is C34H55ClO9Si. The number of rotatable bonds is 29. The van der Waals surface area contributed by atoms with Crippen molar-refractivity contribution in [2.45, 2.75) is 25.8 Å². The van der Waals surface area contributed by atoms with Gasteiger partial charge in [0.15, 0.2) is 0 Å². The summed E-state index contributed by atoms with van der Waals surface area (Å²) < 4.78 is 50.9. The zero-order valence-corrected chi connectivity index (χ0v) is 29.3. The molecule has 0 aliphatic carbocycles. The van der Waals surface area contributed by atoms with Gasteiger partial charge in [0, 0.05) is 5.88 Å². The van der Waals surface area contributed by atoms with Gasteiger partial charge in [-0.25, -0.2) is 0 Å². The first kappa shape index (κ1) is 39.8. The fourth-order valence-electron chi connectivity index (χ4n) is 4.71. The van der Waals surface area contributed by atoms with Gasteiger partial charge in [-0.1, -0.05) is 81.4 Å². The normalized spacial score (nSPS) is 12.2. The van der Waals surface area contributed by atoms with Gasteiger partial charge in [-0.05, 0) is 15.4 Å². The van der Waals surface area contributed by atoms with Crippen molar-refractivity contribution in [3.05, 3.63) is 60.7 Å². The molecule has 2 rings (SSSR count). The summed E-state index contributed by atoms with van der Waals surface area (Å²) in [5.74, 6) is 0.499. The van der Waals surface area contributed by atoms with Crippen molar-refractivity contribution >= 4 is 30.3 Å². The van der Waals surface area contributed by atoms with E-state index >= 15 is 0 Å². The molecule has 0 radical (unpaired) electrons. The smallest absolute Gasteiger partial charge is 0.261 e. The summed E-state index contributed by atoms with van der Waals surface area (Å²) in [5.41, 5.74) is 0. The third-order valence-electron chi connectivity index (χ3n) is 6.79. The van der Waals surface area contributed by atoms with Crippen molar-refractivity contribution in [3.63, 3.8) is 0 Å². The molecule has 0 aliphatic rings. The van der Waals surface area contributed by atoms with E-state index < -0.39 is 8.32 Å². The molecule has 0 N–H and O–H groups in total. The van der Waals surface area contributed by atoms with Crippen LogP contribution in [-0.2, 0) is 42.3 Å². The lowest BCUT2D eigenvalue weighted by molar-refractivity contribution is -0.0234. The van der Waals surface area contributed by atoms with Gasteiger partial charge in [-0.15, -0.1) is 11.6 Å².